The van der Waals surface area contributed by atoms with Gasteiger partial charge in [0.2, 0.25) is 0 Å². The van der Waals surface area contributed by atoms with Crippen LogP contribution < -0.4 is 14.8 Å². The Labute approximate surface area is 137 Å². The van der Waals surface area contributed by atoms with Gasteiger partial charge < -0.3 is 14.8 Å². The van der Waals surface area contributed by atoms with Crippen molar-refractivity contribution in [3.8, 4) is 22.8 Å². The van der Waals surface area contributed by atoms with Gasteiger partial charge in [0, 0.05) is 16.6 Å². The van der Waals surface area contributed by atoms with Gasteiger partial charge in [-0.2, -0.15) is 0 Å². The van der Waals surface area contributed by atoms with Crippen LogP contribution in [-0.4, -0.2) is 24.4 Å². The van der Waals surface area contributed by atoms with Gasteiger partial charge in [-0.15, -0.1) is 0 Å². The highest BCUT2D eigenvalue weighted by atomic mass is 19.1. The number of hydrogen-bond donors (Lipinski definition) is 3. The van der Waals surface area contributed by atoms with Crippen LogP contribution >= 0.6 is 0 Å². The highest BCUT2D eigenvalue weighted by Crippen LogP contribution is 2.42. The largest absolute Gasteiger partial charge is 0.493 e. The zero-order valence-corrected chi connectivity index (χ0v) is 13.2. The minimum Gasteiger partial charge on any atom is -0.493 e. The maximum absolute atomic E-state index is 13.4. The molecule has 3 N–H and O–H groups in total. The van der Waals surface area contributed by atoms with E-state index in [1.54, 1.807) is 20.3 Å². The third kappa shape index (κ3) is 2.23. The minimum absolute atomic E-state index is 0.283. The molecule has 0 fully saturated rings. The van der Waals surface area contributed by atoms with Crippen LogP contribution in [-0.2, 0) is 0 Å². The Kier molecular flexibility index (Phi) is 3.30. The number of rotatable bonds is 4. The summed E-state index contributed by atoms with van der Waals surface area (Å²) in [5, 5.41) is 11.5. The molecular weight excluding hydrogens is 309 g/mol. The van der Waals surface area contributed by atoms with Gasteiger partial charge in [0.25, 0.3) is 0 Å². The maximum atomic E-state index is 13.4. The number of fused-ring (bicyclic) bond motifs is 3. The predicted octanol–water partition coefficient (Wildman–Crippen LogP) is 4.50. The fraction of sp³-hybridized carbons (Fsp3) is 0.111. The summed E-state index contributed by atoms with van der Waals surface area (Å²) >= 11 is 0. The molecule has 1 aliphatic heterocycles. The second-order valence-electron chi connectivity index (χ2n) is 5.49. The first-order valence-electron chi connectivity index (χ1n) is 7.47. The summed E-state index contributed by atoms with van der Waals surface area (Å²) in [4.78, 5) is 0. The van der Waals surface area contributed by atoms with Crippen molar-refractivity contribution in [2.75, 3.05) is 19.5 Å². The number of H-pyrrole nitrogens is 2. The fourth-order valence-electron chi connectivity index (χ4n) is 2.94. The standard InChI is InChI=1S/C18H16FN3O2/c1-23-15-7-10-6-14-17(13(10)9-16(15)24-2)21-22-18(14)20-12-5-3-4-11(19)8-12/h3-9,20-22H,1-2H3. The van der Waals surface area contributed by atoms with Crippen molar-refractivity contribution in [2.24, 2.45) is 0 Å². The molecule has 0 unspecified atom stereocenters. The van der Waals surface area contributed by atoms with Crippen LogP contribution in [0.4, 0.5) is 15.9 Å². The first-order chi connectivity index (χ1) is 11.7. The monoisotopic (exact) mass is 325 g/mol. The van der Waals surface area contributed by atoms with Gasteiger partial charge in [-0.05, 0) is 41.8 Å². The van der Waals surface area contributed by atoms with Crippen LogP contribution in [0.1, 0.15) is 0 Å². The SMILES string of the molecule is COc1cc2cc3c(Nc4cccc(F)c4)[nH][nH]c-3c2cc1OC. The van der Waals surface area contributed by atoms with Gasteiger partial charge in [-0.3, -0.25) is 10.2 Å². The van der Waals surface area contributed by atoms with Crippen LogP contribution in [0.5, 0.6) is 11.5 Å². The molecule has 0 saturated heterocycles. The summed E-state index contributed by atoms with van der Waals surface area (Å²) in [6.45, 7) is 0. The van der Waals surface area contributed by atoms with E-state index in [0.717, 1.165) is 27.8 Å². The van der Waals surface area contributed by atoms with Crippen molar-refractivity contribution in [3.05, 3.63) is 48.3 Å². The molecule has 2 aliphatic rings. The highest BCUT2D eigenvalue weighted by molar-refractivity contribution is 6.05. The highest BCUT2D eigenvalue weighted by Gasteiger charge is 2.19. The molecule has 1 heterocycles. The van der Waals surface area contributed by atoms with E-state index < -0.39 is 0 Å². The third-order valence-corrected chi connectivity index (χ3v) is 4.07. The van der Waals surface area contributed by atoms with E-state index in [2.05, 4.69) is 15.5 Å². The van der Waals surface area contributed by atoms with E-state index >= 15 is 0 Å². The second-order valence-corrected chi connectivity index (χ2v) is 5.49. The smallest absolute Gasteiger partial charge is 0.161 e. The molecule has 2 aromatic rings. The summed E-state index contributed by atoms with van der Waals surface area (Å²) in [5.41, 5.74) is 2.60. The van der Waals surface area contributed by atoms with E-state index in [4.69, 9.17) is 9.47 Å². The fourth-order valence-corrected chi connectivity index (χ4v) is 2.94. The van der Waals surface area contributed by atoms with Gasteiger partial charge in [0.1, 0.15) is 11.6 Å². The number of halogens is 1. The molecular formula is C18H16FN3O2. The lowest BCUT2D eigenvalue weighted by Gasteiger charge is -2.07. The van der Waals surface area contributed by atoms with Crippen LogP contribution in [0, 0.1) is 5.82 Å². The van der Waals surface area contributed by atoms with Crippen LogP contribution in [0.2, 0.25) is 0 Å². The van der Waals surface area contributed by atoms with Crippen molar-refractivity contribution < 1.29 is 13.9 Å². The van der Waals surface area contributed by atoms with E-state index in [-0.39, 0.29) is 5.82 Å². The molecule has 0 aromatic heterocycles. The Bertz CT molecular complexity index is 989. The third-order valence-electron chi connectivity index (χ3n) is 4.07. The number of ether oxygens (including phenoxy) is 2. The summed E-state index contributed by atoms with van der Waals surface area (Å²) in [6, 6.07) is 12.3. The Morgan fingerprint density at radius 3 is 2.50 bits per heavy atom. The summed E-state index contributed by atoms with van der Waals surface area (Å²) < 4.78 is 24.1. The molecule has 0 atom stereocenters. The number of hydrogen-bond acceptors (Lipinski definition) is 3. The van der Waals surface area contributed by atoms with Crippen molar-refractivity contribution in [3.63, 3.8) is 0 Å². The van der Waals surface area contributed by atoms with E-state index in [0.29, 0.717) is 17.2 Å². The Hall–Kier alpha value is -3.15. The Balaban J connectivity index is 1.79. The van der Waals surface area contributed by atoms with Crippen LogP contribution in [0.25, 0.3) is 22.0 Å². The molecule has 4 rings (SSSR count). The van der Waals surface area contributed by atoms with Gasteiger partial charge in [0.05, 0.1) is 19.9 Å². The molecule has 0 radical (unpaired) electrons. The quantitative estimate of drug-likeness (QED) is 0.518. The number of methoxy groups -OCH3 is 2. The Morgan fingerprint density at radius 1 is 0.958 bits per heavy atom. The molecule has 0 spiro atoms. The summed E-state index contributed by atoms with van der Waals surface area (Å²) in [6.07, 6.45) is 0. The average molecular weight is 325 g/mol. The maximum Gasteiger partial charge on any atom is 0.161 e. The van der Waals surface area contributed by atoms with Crippen molar-refractivity contribution in [1.29, 1.82) is 0 Å². The minimum atomic E-state index is -0.283. The molecule has 0 amide bonds. The van der Waals surface area contributed by atoms with Gasteiger partial charge in [-0.1, -0.05) is 6.07 Å². The van der Waals surface area contributed by atoms with Gasteiger partial charge in [-0.25, -0.2) is 4.39 Å². The topological polar surface area (TPSA) is 62.1 Å². The first kappa shape index (κ1) is 14.4. The van der Waals surface area contributed by atoms with E-state index in [9.17, 15) is 4.39 Å². The number of aromatic nitrogens is 2. The van der Waals surface area contributed by atoms with Gasteiger partial charge in [0.15, 0.2) is 11.5 Å². The average Bonchev–Trinajstić information content (AvgIpc) is 3.13. The van der Waals surface area contributed by atoms with Crippen LogP contribution in [0.15, 0.2) is 42.5 Å². The molecule has 6 heteroatoms. The first-order valence-corrected chi connectivity index (χ1v) is 7.47. The lowest BCUT2D eigenvalue weighted by molar-refractivity contribution is 0.356. The molecule has 0 saturated carbocycles. The van der Waals surface area contributed by atoms with Crippen LogP contribution in [0.3, 0.4) is 0 Å². The zero-order chi connectivity index (χ0) is 16.7. The zero-order valence-electron chi connectivity index (χ0n) is 13.2. The molecule has 122 valence electrons. The molecule has 0 bridgehead atoms. The lowest BCUT2D eigenvalue weighted by atomic mass is 10.2. The summed E-state index contributed by atoms with van der Waals surface area (Å²) in [7, 11) is 3.23. The van der Waals surface area contributed by atoms with Gasteiger partial charge >= 0.3 is 0 Å². The Morgan fingerprint density at radius 2 is 1.75 bits per heavy atom. The van der Waals surface area contributed by atoms with E-state index in [1.165, 1.54) is 12.1 Å². The second kappa shape index (κ2) is 5.49. The lowest BCUT2D eigenvalue weighted by Crippen LogP contribution is -1.91. The van der Waals surface area contributed by atoms with Crippen molar-refractivity contribution in [1.82, 2.24) is 10.2 Å². The van der Waals surface area contributed by atoms with Crippen molar-refractivity contribution in [2.45, 2.75) is 0 Å². The number of nitrogens with one attached hydrogen (secondary N) is 3. The molecule has 2 aromatic carbocycles. The molecule has 5 nitrogen and oxygen atoms in total. The number of aromatic amines is 2. The normalized spacial score (nSPS) is 11.1. The van der Waals surface area contributed by atoms with Crippen molar-refractivity contribution >= 4 is 22.3 Å². The molecule has 24 heavy (non-hydrogen) atoms. The van der Waals surface area contributed by atoms with E-state index in [1.807, 2.05) is 24.3 Å². The number of anilines is 2. The number of benzene rings is 2. The molecule has 1 aliphatic carbocycles. The predicted molar refractivity (Wildman–Crippen MR) is 92.1 cm³/mol. The summed E-state index contributed by atoms with van der Waals surface area (Å²) in [5.74, 6) is 1.84.